The van der Waals surface area contributed by atoms with E-state index in [-0.39, 0.29) is 23.4 Å². The summed E-state index contributed by atoms with van der Waals surface area (Å²) < 4.78 is 33.5. The molecule has 2 heterocycles. The van der Waals surface area contributed by atoms with Crippen LogP contribution in [-0.4, -0.2) is 29.2 Å². The maximum atomic E-state index is 14.6. The number of aliphatic hydroxyl groups is 1. The van der Waals surface area contributed by atoms with Gasteiger partial charge in [-0.3, -0.25) is 4.90 Å². The third-order valence-corrected chi connectivity index (χ3v) is 5.89. The molecule has 1 N–H and O–H groups in total. The average molecular weight is 359 g/mol. The molecule has 26 heavy (non-hydrogen) atoms. The van der Waals surface area contributed by atoms with Crippen LogP contribution in [0.4, 0.5) is 8.78 Å². The Labute approximate surface area is 152 Å². The number of nitrogens with zero attached hydrogens (tertiary/aromatic N) is 1. The van der Waals surface area contributed by atoms with Gasteiger partial charge in [0.2, 0.25) is 5.82 Å². The summed E-state index contributed by atoms with van der Waals surface area (Å²) in [5.41, 5.74) is -0.0560. The first-order chi connectivity index (χ1) is 12.5. The van der Waals surface area contributed by atoms with E-state index < -0.39 is 17.2 Å². The zero-order valence-electron chi connectivity index (χ0n) is 14.8. The second kappa shape index (κ2) is 6.63. The van der Waals surface area contributed by atoms with Crippen molar-refractivity contribution in [2.24, 2.45) is 0 Å². The summed E-state index contributed by atoms with van der Waals surface area (Å²) >= 11 is 0. The average Bonchev–Trinajstić information content (AvgIpc) is 2.88. The van der Waals surface area contributed by atoms with E-state index >= 15 is 0 Å². The van der Waals surface area contributed by atoms with Gasteiger partial charge in [-0.2, -0.15) is 4.39 Å². The number of halogens is 2. The van der Waals surface area contributed by atoms with E-state index in [0.717, 1.165) is 19.4 Å². The first kappa shape index (κ1) is 17.4. The Bertz CT molecular complexity index is 782. The normalized spacial score (nSPS) is 28.3. The molecule has 2 aromatic rings. The Kier molecular flexibility index (Phi) is 4.45. The smallest absolute Gasteiger partial charge is 0.200 e. The predicted octanol–water partition coefficient (Wildman–Crippen LogP) is 3.99. The Morgan fingerprint density at radius 2 is 1.69 bits per heavy atom. The van der Waals surface area contributed by atoms with Crippen molar-refractivity contribution in [3.63, 3.8) is 0 Å². The Morgan fingerprint density at radius 3 is 2.31 bits per heavy atom. The number of methoxy groups -OCH3 is 1. The quantitative estimate of drug-likeness (QED) is 0.896. The summed E-state index contributed by atoms with van der Waals surface area (Å²) in [6.45, 7) is 0.825. The molecule has 138 valence electrons. The van der Waals surface area contributed by atoms with Crippen LogP contribution < -0.4 is 4.74 Å². The molecule has 2 aliphatic heterocycles. The van der Waals surface area contributed by atoms with Gasteiger partial charge in [-0.05, 0) is 43.4 Å². The Balaban J connectivity index is 1.59. The van der Waals surface area contributed by atoms with Crippen LogP contribution in [0.2, 0.25) is 0 Å². The topological polar surface area (TPSA) is 32.7 Å². The second-order valence-electron chi connectivity index (χ2n) is 7.43. The van der Waals surface area contributed by atoms with E-state index in [4.69, 9.17) is 4.74 Å². The number of rotatable bonds is 4. The highest BCUT2D eigenvalue weighted by Gasteiger charge is 2.49. The molecule has 4 rings (SSSR count). The van der Waals surface area contributed by atoms with Gasteiger partial charge < -0.3 is 9.84 Å². The van der Waals surface area contributed by atoms with E-state index in [2.05, 4.69) is 17.0 Å². The molecular formula is C21H23F2NO2. The number of fused-ring (bicyclic) bond motifs is 2. The number of ether oxygens (including phenoxy) is 1. The molecule has 2 bridgehead atoms. The van der Waals surface area contributed by atoms with Crippen LogP contribution in [0.3, 0.4) is 0 Å². The summed E-state index contributed by atoms with van der Waals surface area (Å²) in [5.74, 6) is -2.17. The summed E-state index contributed by atoms with van der Waals surface area (Å²) in [7, 11) is 1.30. The van der Waals surface area contributed by atoms with Crippen molar-refractivity contribution in [2.75, 3.05) is 7.11 Å². The molecule has 2 aliphatic rings. The lowest BCUT2D eigenvalue weighted by Crippen LogP contribution is -2.49. The van der Waals surface area contributed by atoms with Crippen LogP contribution in [0.5, 0.6) is 5.75 Å². The van der Waals surface area contributed by atoms with Gasteiger partial charge in [-0.15, -0.1) is 0 Å². The predicted molar refractivity (Wildman–Crippen MR) is 94.8 cm³/mol. The molecule has 3 nitrogen and oxygen atoms in total. The van der Waals surface area contributed by atoms with Gasteiger partial charge in [0.15, 0.2) is 11.6 Å². The molecule has 5 heteroatoms. The molecule has 0 saturated carbocycles. The van der Waals surface area contributed by atoms with Gasteiger partial charge in [-0.1, -0.05) is 30.3 Å². The lowest BCUT2D eigenvalue weighted by molar-refractivity contribution is -0.0619. The number of hydrogen-bond donors (Lipinski definition) is 1. The van der Waals surface area contributed by atoms with Crippen LogP contribution in [-0.2, 0) is 12.1 Å². The maximum Gasteiger partial charge on any atom is 0.200 e. The van der Waals surface area contributed by atoms with Gasteiger partial charge in [-0.25, -0.2) is 4.39 Å². The second-order valence-corrected chi connectivity index (χ2v) is 7.43. The van der Waals surface area contributed by atoms with Crippen LogP contribution in [0.15, 0.2) is 42.5 Å². The van der Waals surface area contributed by atoms with Gasteiger partial charge in [0.05, 0.1) is 12.7 Å². The summed E-state index contributed by atoms with van der Waals surface area (Å²) in [4.78, 5) is 2.40. The SMILES string of the molecule is COc1ccc(C2(O)CC3CCC(C2)N3Cc2ccccc2)c(F)c1F. The first-order valence-electron chi connectivity index (χ1n) is 9.06. The molecule has 0 aliphatic carbocycles. The van der Waals surface area contributed by atoms with Crippen molar-refractivity contribution in [1.29, 1.82) is 0 Å². The minimum atomic E-state index is -1.34. The van der Waals surface area contributed by atoms with Crippen LogP contribution in [0, 0.1) is 11.6 Å². The number of piperidine rings is 1. The number of benzene rings is 2. The van der Waals surface area contributed by atoms with Crippen LogP contribution in [0.25, 0.3) is 0 Å². The van der Waals surface area contributed by atoms with Crippen molar-refractivity contribution >= 4 is 0 Å². The number of hydrogen-bond acceptors (Lipinski definition) is 3. The largest absolute Gasteiger partial charge is 0.494 e. The zero-order valence-corrected chi connectivity index (χ0v) is 14.8. The van der Waals surface area contributed by atoms with E-state index in [1.165, 1.54) is 24.8 Å². The third-order valence-electron chi connectivity index (χ3n) is 5.89. The molecular weight excluding hydrogens is 336 g/mol. The fraction of sp³-hybridized carbons (Fsp3) is 0.429. The van der Waals surface area contributed by atoms with Crippen molar-refractivity contribution in [1.82, 2.24) is 4.90 Å². The fourth-order valence-corrected chi connectivity index (χ4v) is 4.64. The minimum absolute atomic E-state index is 0.0482. The fourth-order valence-electron chi connectivity index (χ4n) is 4.64. The maximum absolute atomic E-state index is 14.6. The molecule has 0 spiro atoms. The zero-order chi connectivity index (χ0) is 18.3. The summed E-state index contributed by atoms with van der Waals surface area (Å²) in [6.07, 6.45) is 2.78. The molecule has 0 aromatic heterocycles. The van der Waals surface area contributed by atoms with Crippen LogP contribution >= 0.6 is 0 Å². The highest BCUT2D eigenvalue weighted by molar-refractivity contribution is 5.35. The molecule has 0 radical (unpaired) electrons. The van der Waals surface area contributed by atoms with Gasteiger partial charge >= 0.3 is 0 Å². The van der Waals surface area contributed by atoms with E-state index in [1.54, 1.807) is 0 Å². The lowest BCUT2D eigenvalue weighted by Gasteiger charge is -2.44. The van der Waals surface area contributed by atoms with Crippen molar-refractivity contribution < 1.29 is 18.6 Å². The van der Waals surface area contributed by atoms with Gasteiger partial charge in [0, 0.05) is 24.2 Å². The Hall–Kier alpha value is -1.98. The van der Waals surface area contributed by atoms with Gasteiger partial charge in [0.25, 0.3) is 0 Å². The summed E-state index contributed by atoms with van der Waals surface area (Å²) in [6, 6.07) is 13.4. The van der Waals surface area contributed by atoms with Crippen molar-refractivity contribution in [3.05, 3.63) is 65.2 Å². The minimum Gasteiger partial charge on any atom is -0.494 e. The molecule has 0 amide bonds. The standard InChI is InChI=1S/C21H23F2NO2/c1-26-18-10-9-17(19(22)20(18)23)21(25)11-15-7-8-16(12-21)24(15)13-14-5-3-2-4-6-14/h2-6,9-10,15-16,25H,7-8,11-13H2,1H3. The van der Waals surface area contributed by atoms with Gasteiger partial charge in [0.1, 0.15) is 0 Å². The van der Waals surface area contributed by atoms with E-state index in [9.17, 15) is 13.9 Å². The van der Waals surface area contributed by atoms with Crippen molar-refractivity contribution in [3.8, 4) is 5.75 Å². The molecule has 2 fully saturated rings. The highest BCUT2D eigenvalue weighted by Crippen LogP contribution is 2.47. The molecule has 2 unspecified atom stereocenters. The highest BCUT2D eigenvalue weighted by atomic mass is 19.2. The van der Waals surface area contributed by atoms with Crippen LogP contribution in [0.1, 0.15) is 36.8 Å². The lowest BCUT2D eigenvalue weighted by atomic mass is 9.80. The van der Waals surface area contributed by atoms with E-state index in [0.29, 0.717) is 12.8 Å². The monoisotopic (exact) mass is 359 g/mol. The third kappa shape index (κ3) is 2.89. The Morgan fingerprint density at radius 1 is 1.04 bits per heavy atom. The first-order valence-corrected chi connectivity index (χ1v) is 9.06. The molecule has 2 aromatic carbocycles. The van der Waals surface area contributed by atoms with Crippen molar-refractivity contribution in [2.45, 2.75) is 49.9 Å². The summed E-state index contributed by atoms with van der Waals surface area (Å²) in [5, 5.41) is 11.2. The molecule has 2 saturated heterocycles. The van der Waals surface area contributed by atoms with E-state index in [1.807, 2.05) is 18.2 Å². The molecule has 2 atom stereocenters.